The molecule has 0 aliphatic heterocycles. The van der Waals surface area contributed by atoms with Crippen LogP contribution in [0.4, 0.5) is 0 Å². The Kier molecular flexibility index (Phi) is 5.61. The van der Waals surface area contributed by atoms with Crippen molar-refractivity contribution in [1.82, 2.24) is 0 Å². The summed E-state index contributed by atoms with van der Waals surface area (Å²) in [5.74, 6) is -0.438. The van der Waals surface area contributed by atoms with E-state index in [0.29, 0.717) is 24.1 Å². The third-order valence-electron chi connectivity index (χ3n) is 2.86. The lowest BCUT2D eigenvalue weighted by Gasteiger charge is -1.97. The first-order valence-corrected chi connectivity index (χ1v) is 6.07. The predicted molar refractivity (Wildman–Crippen MR) is 71.5 cm³/mol. The topological polar surface area (TPSA) is 115 Å². The Morgan fingerprint density at radius 2 is 1.89 bits per heavy atom. The number of primary amides is 1. The lowest BCUT2D eigenvalue weighted by Crippen LogP contribution is -2.20. The number of carbonyl (C=O) groups excluding carboxylic acids is 1. The number of hydrogen-bond acceptors (Lipinski definition) is 4. The number of hydrogen-bond donors (Lipinski definition) is 4. The third kappa shape index (κ3) is 5.16. The highest BCUT2D eigenvalue weighted by Crippen LogP contribution is 2.14. The van der Waals surface area contributed by atoms with Crippen molar-refractivity contribution >= 4 is 5.91 Å². The van der Waals surface area contributed by atoms with Crippen molar-refractivity contribution in [2.45, 2.75) is 37.8 Å². The number of carbonyl (C=O) groups is 1. The molecule has 0 aromatic carbocycles. The second kappa shape index (κ2) is 6.98. The molecule has 0 spiro atoms. The van der Waals surface area contributed by atoms with Crippen molar-refractivity contribution in [3.05, 3.63) is 35.6 Å². The minimum atomic E-state index is -0.525. The summed E-state index contributed by atoms with van der Waals surface area (Å²) in [5, 5.41) is 9.05. The van der Waals surface area contributed by atoms with Gasteiger partial charge >= 0.3 is 0 Å². The zero-order valence-corrected chi connectivity index (χ0v) is 10.4. The maximum Gasteiger partial charge on any atom is 0.248 e. The molecule has 2 atom stereocenters. The summed E-state index contributed by atoms with van der Waals surface area (Å²) in [4.78, 5) is 10.6. The predicted octanol–water partition coefficient (Wildman–Crippen LogP) is 0.625. The van der Waals surface area contributed by atoms with Crippen LogP contribution in [0.1, 0.15) is 25.7 Å². The maximum absolute atomic E-state index is 10.6. The van der Waals surface area contributed by atoms with E-state index in [1.54, 1.807) is 18.2 Å². The van der Waals surface area contributed by atoms with Crippen molar-refractivity contribution in [2.75, 3.05) is 0 Å². The zero-order valence-electron chi connectivity index (χ0n) is 10.4. The first-order chi connectivity index (χ1) is 8.49. The number of nitrogens with two attached hydrogens (primary N) is 3. The Morgan fingerprint density at radius 3 is 2.33 bits per heavy atom. The lowest BCUT2D eigenvalue weighted by molar-refractivity contribution is -0.114. The van der Waals surface area contributed by atoms with Crippen LogP contribution in [0, 0.1) is 0 Å². The van der Waals surface area contributed by atoms with Crippen molar-refractivity contribution in [3.63, 3.8) is 0 Å². The lowest BCUT2D eigenvalue weighted by atomic mass is 10.2. The standard InChI is InChI=1S/C8H9NO2.C5H12N2/c9-8(11)6-3-1-2-4-7(10)5-6;6-4-1-2-5(7)3-4/h1,3-5,10H,2H2,(H2,9,11);4-5H,1-3,6-7H2/t;4-,5+. The van der Waals surface area contributed by atoms with Gasteiger partial charge in [0.15, 0.2) is 0 Å². The summed E-state index contributed by atoms with van der Waals surface area (Å²) in [6.45, 7) is 0. The minimum absolute atomic E-state index is 0.0869. The molecule has 0 radical (unpaired) electrons. The van der Waals surface area contributed by atoms with Gasteiger partial charge in [0, 0.05) is 17.7 Å². The van der Waals surface area contributed by atoms with Crippen LogP contribution in [-0.2, 0) is 4.79 Å². The number of allylic oxidation sites excluding steroid dienone is 3. The molecule has 0 unspecified atom stereocenters. The van der Waals surface area contributed by atoms with Crippen LogP contribution in [0.2, 0.25) is 0 Å². The molecule has 5 heteroatoms. The highest BCUT2D eigenvalue weighted by atomic mass is 16.3. The van der Waals surface area contributed by atoms with E-state index in [4.69, 9.17) is 22.3 Å². The molecular weight excluding hydrogens is 230 g/mol. The second-order valence-corrected chi connectivity index (χ2v) is 4.56. The minimum Gasteiger partial charge on any atom is -0.508 e. The van der Waals surface area contributed by atoms with Crippen LogP contribution >= 0.6 is 0 Å². The summed E-state index contributed by atoms with van der Waals surface area (Å²) in [5.41, 5.74) is 16.4. The van der Waals surface area contributed by atoms with Gasteiger partial charge in [-0.2, -0.15) is 0 Å². The fourth-order valence-electron chi connectivity index (χ4n) is 1.86. The van der Waals surface area contributed by atoms with E-state index in [1.165, 1.54) is 6.08 Å². The van der Waals surface area contributed by atoms with Gasteiger partial charge in [-0.3, -0.25) is 4.79 Å². The summed E-state index contributed by atoms with van der Waals surface area (Å²) in [6.07, 6.45) is 10.2. The van der Waals surface area contributed by atoms with Gasteiger partial charge in [-0.15, -0.1) is 0 Å². The van der Waals surface area contributed by atoms with Crippen LogP contribution in [-0.4, -0.2) is 23.1 Å². The normalized spacial score (nSPS) is 26.6. The van der Waals surface area contributed by atoms with Crippen LogP contribution in [0.15, 0.2) is 35.6 Å². The van der Waals surface area contributed by atoms with E-state index >= 15 is 0 Å². The van der Waals surface area contributed by atoms with E-state index in [2.05, 4.69) is 0 Å². The summed E-state index contributed by atoms with van der Waals surface area (Å²) in [6, 6.07) is 0.796. The maximum atomic E-state index is 10.6. The average molecular weight is 251 g/mol. The third-order valence-corrected chi connectivity index (χ3v) is 2.86. The molecule has 0 bridgehead atoms. The highest BCUT2D eigenvalue weighted by molar-refractivity contribution is 5.95. The fraction of sp³-hybridized carbons (Fsp3) is 0.462. The van der Waals surface area contributed by atoms with Crippen LogP contribution in [0.5, 0.6) is 0 Å². The Bertz CT molecular complexity index is 378. The quantitative estimate of drug-likeness (QED) is 0.547. The molecule has 2 rings (SSSR count). The summed E-state index contributed by atoms with van der Waals surface area (Å²) in [7, 11) is 0. The van der Waals surface area contributed by atoms with Gasteiger partial charge < -0.3 is 22.3 Å². The molecule has 0 aromatic heterocycles. The number of aliphatic hydroxyl groups excluding tert-OH is 1. The van der Waals surface area contributed by atoms with Crippen LogP contribution < -0.4 is 17.2 Å². The van der Waals surface area contributed by atoms with Gasteiger partial charge in [-0.05, 0) is 37.8 Å². The Morgan fingerprint density at radius 1 is 1.28 bits per heavy atom. The molecule has 2 aliphatic carbocycles. The molecule has 0 saturated heterocycles. The van der Waals surface area contributed by atoms with Crippen molar-refractivity contribution in [1.29, 1.82) is 0 Å². The first kappa shape index (κ1) is 14.5. The van der Waals surface area contributed by atoms with Crippen LogP contribution in [0.25, 0.3) is 0 Å². The number of aliphatic hydroxyl groups is 1. The molecule has 1 amide bonds. The molecule has 2 aliphatic rings. The number of amides is 1. The number of rotatable bonds is 1. The molecule has 100 valence electrons. The molecule has 1 fully saturated rings. The Balaban J connectivity index is 0.000000199. The molecular formula is C13H21N3O2. The van der Waals surface area contributed by atoms with E-state index in [1.807, 2.05) is 0 Å². The van der Waals surface area contributed by atoms with Gasteiger partial charge in [0.25, 0.3) is 0 Å². The SMILES string of the molecule is NC(=O)C1=CC(O)=CCC=C1.N[C@@H]1CC[C@H](N)C1. The fourth-order valence-corrected chi connectivity index (χ4v) is 1.86. The van der Waals surface area contributed by atoms with Crippen molar-refractivity contribution in [2.24, 2.45) is 17.2 Å². The first-order valence-electron chi connectivity index (χ1n) is 6.07. The zero-order chi connectivity index (χ0) is 13.5. The van der Waals surface area contributed by atoms with Crippen LogP contribution in [0.3, 0.4) is 0 Å². The molecule has 1 saturated carbocycles. The van der Waals surface area contributed by atoms with Gasteiger partial charge in [-0.1, -0.05) is 12.2 Å². The van der Waals surface area contributed by atoms with Gasteiger partial charge in [-0.25, -0.2) is 0 Å². The Hall–Kier alpha value is -1.59. The van der Waals surface area contributed by atoms with Crippen molar-refractivity contribution in [3.8, 4) is 0 Å². The molecule has 7 N–H and O–H groups in total. The van der Waals surface area contributed by atoms with E-state index < -0.39 is 5.91 Å². The molecule has 0 aromatic rings. The second-order valence-electron chi connectivity index (χ2n) is 4.56. The monoisotopic (exact) mass is 251 g/mol. The summed E-state index contributed by atoms with van der Waals surface area (Å²) >= 11 is 0. The van der Waals surface area contributed by atoms with E-state index in [9.17, 15) is 4.79 Å². The molecule has 5 nitrogen and oxygen atoms in total. The molecule has 0 heterocycles. The van der Waals surface area contributed by atoms with E-state index in [-0.39, 0.29) is 5.76 Å². The average Bonchev–Trinajstić information content (AvgIpc) is 2.55. The smallest absolute Gasteiger partial charge is 0.248 e. The van der Waals surface area contributed by atoms with Gasteiger partial charge in [0.05, 0.1) is 0 Å². The van der Waals surface area contributed by atoms with E-state index in [0.717, 1.165) is 19.3 Å². The highest BCUT2D eigenvalue weighted by Gasteiger charge is 2.16. The largest absolute Gasteiger partial charge is 0.508 e. The van der Waals surface area contributed by atoms with Gasteiger partial charge in [0.2, 0.25) is 5.91 Å². The summed E-state index contributed by atoms with van der Waals surface area (Å²) < 4.78 is 0. The van der Waals surface area contributed by atoms with Gasteiger partial charge in [0.1, 0.15) is 5.76 Å². The van der Waals surface area contributed by atoms with Crippen molar-refractivity contribution < 1.29 is 9.90 Å². The molecule has 18 heavy (non-hydrogen) atoms. The Labute approximate surface area is 107 Å².